The standard InChI is InChI=1S/C17H19ClN2O2S/c1-11-8-12(2)16(14(18)9-11)20-15(21)4-3-6-19-17(22)13-5-7-23-10-13/h5,7-10H,3-4,6H2,1-2H3,(H,19,22)(H,20,21). The number of amides is 2. The summed E-state index contributed by atoms with van der Waals surface area (Å²) in [5, 5.41) is 9.83. The minimum atomic E-state index is -0.108. The van der Waals surface area contributed by atoms with Gasteiger partial charge in [-0.1, -0.05) is 17.7 Å². The van der Waals surface area contributed by atoms with Crippen LogP contribution in [0.1, 0.15) is 34.3 Å². The van der Waals surface area contributed by atoms with Gasteiger partial charge in [-0.25, -0.2) is 0 Å². The predicted molar refractivity (Wildman–Crippen MR) is 95.4 cm³/mol. The topological polar surface area (TPSA) is 58.2 Å². The molecule has 2 N–H and O–H groups in total. The Morgan fingerprint density at radius 3 is 2.70 bits per heavy atom. The summed E-state index contributed by atoms with van der Waals surface area (Å²) in [6.45, 7) is 4.33. The quantitative estimate of drug-likeness (QED) is 0.768. The van der Waals surface area contributed by atoms with E-state index < -0.39 is 0 Å². The average Bonchev–Trinajstić information content (AvgIpc) is 3.01. The normalized spacial score (nSPS) is 10.4. The molecule has 122 valence electrons. The van der Waals surface area contributed by atoms with Crippen LogP contribution in [0.4, 0.5) is 5.69 Å². The molecule has 0 saturated heterocycles. The summed E-state index contributed by atoms with van der Waals surface area (Å²) in [7, 11) is 0. The first-order valence-electron chi connectivity index (χ1n) is 7.34. The molecule has 4 nitrogen and oxygen atoms in total. The number of hydrogen-bond acceptors (Lipinski definition) is 3. The molecule has 0 aliphatic carbocycles. The number of hydrogen-bond donors (Lipinski definition) is 2. The molecule has 2 aromatic rings. The van der Waals surface area contributed by atoms with E-state index in [-0.39, 0.29) is 11.8 Å². The van der Waals surface area contributed by atoms with E-state index in [4.69, 9.17) is 11.6 Å². The van der Waals surface area contributed by atoms with Crippen LogP contribution in [0.25, 0.3) is 0 Å². The van der Waals surface area contributed by atoms with Crippen LogP contribution in [0.3, 0.4) is 0 Å². The summed E-state index contributed by atoms with van der Waals surface area (Å²) in [4.78, 5) is 23.7. The van der Waals surface area contributed by atoms with Gasteiger partial charge in [0.25, 0.3) is 5.91 Å². The lowest BCUT2D eigenvalue weighted by atomic mass is 10.1. The summed E-state index contributed by atoms with van der Waals surface area (Å²) >= 11 is 7.65. The van der Waals surface area contributed by atoms with Crippen LogP contribution >= 0.6 is 22.9 Å². The van der Waals surface area contributed by atoms with Gasteiger partial charge in [0.1, 0.15) is 0 Å². The third-order valence-corrected chi connectivity index (χ3v) is 4.33. The van der Waals surface area contributed by atoms with Crippen LogP contribution in [0.5, 0.6) is 0 Å². The second kappa shape index (κ2) is 8.13. The van der Waals surface area contributed by atoms with Crippen LogP contribution in [0.2, 0.25) is 5.02 Å². The molecule has 0 aliphatic rings. The number of thiophene rings is 1. The van der Waals surface area contributed by atoms with Crippen molar-refractivity contribution in [3.63, 3.8) is 0 Å². The highest BCUT2D eigenvalue weighted by Gasteiger charge is 2.10. The van der Waals surface area contributed by atoms with Crippen molar-refractivity contribution >= 4 is 40.4 Å². The summed E-state index contributed by atoms with van der Waals surface area (Å²) in [5.41, 5.74) is 3.31. The van der Waals surface area contributed by atoms with E-state index in [0.29, 0.717) is 35.7 Å². The Morgan fingerprint density at radius 1 is 1.26 bits per heavy atom. The van der Waals surface area contributed by atoms with Crippen molar-refractivity contribution in [2.45, 2.75) is 26.7 Å². The maximum Gasteiger partial charge on any atom is 0.252 e. The van der Waals surface area contributed by atoms with E-state index in [2.05, 4.69) is 10.6 Å². The van der Waals surface area contributed by atoms with Crippen molar-refractivity contribution in [2.24, 2.45) is 0 Å². The van der Waals surface area contributed by atoms with Gasteiger partial charge in [0.15, 0.2) is 0 Å². The monoisotopic (exact) mass is 350 g/mol. The van der Waals surface area contributed by atoms with Crippen molar-refractivity contribution in [2.75, 3.05) is 11.9 Å². The Balaban J connectivity index is 1.77. The third-order valence-electron chi connectivity index (χ3n) is 3.35. The molecule has 0 bridgehead atoms. The van der Waals surface area contributed by atoms with Crippen molar-refractivity contribution < 1.29 is 9.59 Å². The smallest absolute Gasteiger partial charge is 0.252 e. The second-order valence-corrected chi connectivity index (χ2v) is 6.55. The van der Waals surface area contributed by atoms with E-state index in [1.165, 1.54) is 11.3 Å². The Morgan fingerprint density at radius 2 is 2.04 bits per heavy atom. The first-order chi connectivity index (χ1) is 11.0. The fourth-order valence-corrected chi connectivity index (χ4v) is 3.23. The van der Waals surface area contributed by atoms with Gasteiger partial charge in [0.05, 0.1) is 10.7 Å². The fraction of sp³-hybridized carbons (Fsp3) is 0.294. The second-order valence-electron chi connectivity index (χ2n) is 5.36. The van der Waals surface area contributed by atoms with Crippen LogP contribution in [0.15, 0.2) is 29.0 Å². The molecule has 0 unspecified atom stereocenters. The first-order valence-corrected chi connectivity index (χ1v) is 8.66. The molecule has 2 rings (SSSR count). The number of rotatable bonds is 6. The van der Waals surface area contributed by atoms with Gasteiger partial charge in [-0.3, -0.25) is 9.59 Å². The predicted octanol–water partition coefficient (Wildman–Crippen LogP) is 4.17. The lowest BCUT2D eigenvalue weighted by Gasteiger charge is -2.11. The molecular formula is C17H19ClN2O2S. The highest BCUT2D eigenvalue weighted by atomic mass is 35.5. The summed E-state index contributed by atoms with van der Waals surface area (Å²) in [6, 6.07) is 5.57. The number of nitrogens with one attached hydrogen (secondary N) is 2. The summed E-state index contributed by atoms with van der Waals surface area (Å²) in [6.07, 6.45) is 0.901. The van der Waals surface area contributed by atoms with Crippen molar-refractivity contribution in [3.05, 3.63) is 50.7 Å². The highest BCUT2D eigenvalue weighted by molar-refractivity contribution is 7.08. The molecule has 0 spiro atoms. The molecule has 1 aromatic heterocycles. The molecule has 0 fully saturated rings. The van der Waals surface area contributed by atoms with Crippen molar-refractivity contribution in [3.8, 4) is 0 Å². The first kappa shape index (κ1) is 17.5. The molecule has 1 aromatic carbocycles. The summed E-state index contributed by atoms with van der Waals surface area (Å²) in [5.74, 6) is -0.215. The minimum absolute atomic E-state index is 0.107. The Kier molecular flexibility index (Phi) is 6.19. The van der Waals surface area contributed by atoms with Gasteiger partial charge in [-0.05, 0) is 48.9 Å². The number of aryl methyl sites for hydroxylation is 2. The van der Waals surface area contributed by atoms with Gasteiger partial charge >= 0.3 is 0 Å². The Labute approximate surface area is 144 Å². The van der Waals surface area contributed by atoms with E-state index in [1.54, 1.807) is 11.4 Å². The van der Waals surface area contributed by atoms with Gasteiger partial charge < -0.3 is 10.6 Å². The molecule has 1 heterocycles. The van der Waals surface area contributed by atoms with Gasteiger partial charge in [0.2, 0.25) is 5.91 Å². The van der Waals surface area contributed by atoms with E-state index in [1.807, 2.05) is 31.4 Å². The molecule has 0 radical (unpaired) electrons. The molecule has 0 saturated carbocycles. The maximum absolute atomic E-state index is 12.0. The number of carbonyl (C=O) groups excluding carboxylic acids is 2. The Bertz CT molecular complexity index is 676. The van der Waals surface area contributed by atoms with E-state index >= 15 is 0 Å². The molecule has 2 amide bonds. The van der Waals surface area contributed by atoms with Crippen LogP contribution in [0, 0.1) is 13.8 Å². The molecule has 23 heavy (non-hydrogen) atoms. The zero-order valence-electron chi connectivity index (χ0n) is 13.1. The molecular weight excluding hydrogens is 332 g/mol. The Hall–Kier alpha value is -1.85. The molecule has 6 heteroatoms. The number of carbonyl (C=O) groups is 2. The SMILES string of the molecule is Cc1cc(C)c(NC(=O)CCCNC(=O)c2ccsc2)c(Cl)c1. The van der Waals surface area contributed by atoms with Crippen LogP contribution in [-0.2, 0) is 4.79 Å². The van der Waals surface area contributed by atoms with Gasteiger partial charge in [0, 0.05) is 23.9 Å². The van der Waals surface area contributed by atoms with E-state index in [9.17, 15) is 9.59 Å². The zero-order chi connectivity index (χ0) is 16.8. The largest absolute Gasteiger partial charge is 0.352 e. The summed E-state index contributed by atoms with van der Waals surface area (Å²) < 4.78 is 0. The number of halogens is 1. The van der Waals surface area contributed by atoms with Gasteiger partial charge in [-0.2, -0.15) is 11.3 Å². The number of anilines is 1. The lowest BCUT2D eigenvalue weighted by molar-refractivity contribution is -0.116. The van der Waals surface area contributed by atoms with Crippen LogP contribution in [-0.4, -0.2) is 18.4 Å². The van der Waals surface area contributed by atoms with Gasteiger partial charge in [-0.15, -0.1) is 0 Å². The lowest BCUT2D eigenvalue weighted by Crippen LogP contribution is -2.25. The zero-order valence-corrected chi connectivity index (χ0v) is 14.7. The highest BCUT2D eigenvalue weighted by Crippen LogP contribution is 2.27. The average molecular weight is 351 g/mol. The maximum atomic E-state index is 12.0. The minimum Gasteiger partial charge on any atom is -0.352 e. The molecule has 0 atom stereocenters. The molecule has 0 aliphatic heterocycles. The number of benzene rings is 1. The van der Waals surface area contributed by atoms with E-state index in [0.717, 1.165) is 11.1 Å². The third kappa shape index (κ3) is 5.08. The van der Waals surface area contributed by atoms with Crippen LogP contribution < -0.4 is 10.6 Å². The van der Waals surface area contributed by atoms with Crippen molar-refractivity contribution in [1.29, 1.82) is 0 Å². The fourth-order valence-electron chi connectivity index (χ4n) is 2.22. The van der Waals surface area contributed by atoms with Crippen molar-refractivity contribution in [1.82, 2.24) is 5.32 Å².